The number of rotatable bonds is 10. The predicted molar refractivity (Wildman–Crippen MR) is 176 cm³/mol. The summed E-state index contributed by atoms with van der Waals surface area (Å²) >= 11 is 0. The van der Waals surface area contributed by atoms with Crippen molar-refractivity contribution < 1.29 is 23.2 Å². The van der Waals surface area contributed by atoms with E-state index in [1.807, 2.05) is 65.6 Å². The Kier molecular flexibility index (Phi) is 10.4. The Bertz CT molecular complexity index is 1350. The zero-order valence-electron chi connectivity index (χ0n) is 26.9. The van der Waals surface area contributed by atoms with E-state index in [0.717, 1.165) is 30.5 Å². The van der Waals surface area contributed by atoms with E-state index in [1.165, 1.54) is 4.90 Å². The number of hydrogen-bond donors (Lipinski definition) is 1. The highest BCUT2D eigenvalue weighted by molar-refractivity contribution is 6.07. The highest BCUT2D eigenvalue weighted by atomic mass is 35.5. The molecule has 7 nitrogen and oxygen atoms in total. The maximum Gasteiger partial charge on any atom is 0.327 e. The van der Waals surface area contributed by atoms with Crippen LogP contribution in [0, 0.1) is 11.8 Å². The van der Waals surface area contributed by atoms with Crippen molar-refractivity contribution in [3.05, 3.63) is 71.8 Å². The van der Waals surface area contributed by atoms with Crippen LogP contribution in [-0.4, -0.2) is 69.2 Å². The van der Waals surface area contributed by atoms with E-state index in [0.29, 0.717) is 25.8 Å². The van der Waals surface area contributed by atoms with Gasteiger partial charge in [0, 0.05) is 43.9 Å². The van der Waals surface area contributed by atoms with E-state index >= 15 is 0 Å². The van der Waals surface area contributed by atoms with Gasteiger partial charge in [-0.25, -0.2) is 13.6 Å². The Hall–Kier alpha value is -3.04. The first kappa shape index (κ1) is 34.3. The molecule has 3 heterocycles. The Morgan fingerprint density at radius 2 is 1.50 bits per heavy atom. The van der Waals surface area contributed by atoms with Crippen LogP contribution in [0.2, 0.25) is 0 Å². The van der Waals surface area contributed by atoms with E-state index in [1.54, 1.807) is 0 Å². The number of fused-ring (bicyclic) bond motifs is 2. The molecule has 2 bridgehead atoms. The fraction of sp³-hybridized carbons (Fsp3) is 0.583. The molecule has 1 N–H and O–H groups in total. The van der Waals surface area contributed by atoms with Gasteiger partial charge in [0.1, 0.15) is 5.54 Å². The van der Waals surface area contributed by atoms with Crippen LogP contribution in [0.4, 0.5) is 13.6 Å². The number of hydrogen-bond acceptors (Lipinski definition) is 4. The van der Waals surface area contributed by atoms with E-state index in [9.17, 15) is 23.2 Å². The van der Waals surface area contributed by atoms with Crippen molar-refractivity contribution in [2.24, 2.45) is 11.8 Å². The van der Waals surface area contributed by atoms with Gasteiger partial charge in [-0.1, -0.05) is 74.5 Å². The van der Waals surface area contributed by atoms with Gasteiger partial charge >= 0.3 is 6.03 Å². The number of piperidine rings is 1. The van der Waals surface area contributed by atoms with Crippen LogP contribution in [-0.2, 0) is 16.1 Å². The fourth-order valence-electron chi connectivity index (χ4n) is 8.26. The van der Waals surface area contributed by atoms with Gasteiger partial charge in [0.2, 0.25) is 11.8 Å². The summed E-state index contributed by atoms with van der Waals surface area (Å²) in [4.78, 5) is 47.2. The molecule has 10 heteroatoms. The van der Waals surface area contributed by atoms with Gasteiger partial charge in [-0.05, 0) is 62.0 Å². The maximum absolute atomic E-state index is 14.2. The molecule has 6 rings (SSSR count). The van der Waals surface area contributed by atoms with E-state index in [-0.39, 0.29) is 86.5 Å². The number of benzene rings is 2. The van der Waals surface area contributed by atoms with Crippen LogP contribution in [0.15, 0.2) is 60.7 Å². The first-order valence-corrected chi connectivity index (χ1v) is 16.7. The molecule has 2 aromatic rings. The van der Waals surface area contributed by atoms with Gasteiger partial charge in [0.05, 0.1) is 12.6 Å². The number of halogens is 3. The lowest BCUT2D eigenvalue weighted by Crippen LogP contribution is -2.61. The number of carbonyl (C=O) groups excluding carboxylic acids is 3. The molecular weight excluding hydrogens is 610 g/mol. The van der Waals surface area contributed by atoms with Crippen molar-refractivity contribution >= 4 is 30.3 Å². The topological polar surface area (TPSA) is 73.0 Å². The summed E-state index contributed by atoms with van der Waals surface area (Å²) in [5, 5.41) is 3.21. The Morgan fingerprint density at radius 3 is 2.09 bits per heavy atom. The minimum Gasteiger partial charge on any atom is -0.349 e. The number of alkyl halides is 2. The third-order valence-electron chi connectivity index (χ3n) is 10.6. The normalized spacial score (nSPS) is 26.9. The molecule has 4 aliphatic rings. The van der Waals surface area contributed by atoms with Gasteiger partial charge in [-0.15, -0.1) is 12.4 Å². The maximum atomic E-state index is 14.2. The summed E-state index contributed by atoms with van der Waals surface area (Å²) in [5.74, 6) is -3.04. The van der Waals surface area contributed by atoms with Gasteiger partial charge in [-0.2, -0.15) is 0 Å². The summed E-state index contributed by atoms with van der Waals surface area (Å²) < 4.78 is 27.5. The Morgan fingerprint density at radius 1 is 0.913 bits per heavy atom. The first-order valence-electron chi connectivity index (χ1n) is 16.7. The van der Waals surface area contributed by atoms with Crippen molar-refractivity contribution in [2.75, 3.05) is 13.1 Å². The third kappa shape index (κ3) is 6.96. The first-order chi connectivity index (χ1) is 21.6. The van der Waals surface area contributed by atoms with Crippen LogP contribution >= 0.6 is 12.4 Å². The molecule has 3 saturated heterocycles. The van der Waals surface area contributed by atoms with E-state index in [2.05, 4.69) is 24.1 Å². The minimum atomic E-state index is -2.67. The predicted octanol–water partition coefficient (Wildman–Crippen LogP) is 6.97. The molecule has 0 aromatic heterocycles. The van der Waals surface area contributed by atoms with E-state index < -0.39 is 17.4 Å². The number of amides is 4. The molecule has 250 valence electrons. The minimum absolute atomic E-state index is 0. The molecule has 1 spiro atoms. The molecule has 0 radical (unpaired) electrons. The highest BCUT2D eigenvalue weighted by Gasteiger charge is 2.62. The average Bonchev–Trinajstić information content (AvgIpc) is 3.36. The lowest BCUT2D eigenvalue weighted by atomic mass is 9.80. The smallest absolute Gasteiger partial charge is 0.327 e. The van der Waals surface area contributed by atoms with Crippen LogP contribution in [0.1, 0.15) is 88.8 Å². The SMILES string of the molecule is CC(C)CN1C(=O)N(Cc2ccccc2)C(=O)C12CC1CCC(C2)N1CC[C@H](NC(=O)C1CCC(F)(F)CC1)c1ccccc1.Cl. The van der Waals surface area contributed by atoms with Crippen LogP contribution in [0.25, 0.3) is 0 Å². The summed E-state index contributed by atoms with van der Waals surface area (Å²) in [6.07, 6.45) is 3.80. The summed E-state index contributed by atoms with van der Waals surface area (Å²) in [6, 6.07) is 19.5. The van der Waals surface area contributed by atoms with Gasteiger partial charge < -0.3 is 10.2 Å². The second-order valence-electron chi connectivity index (χ2n) is 14.1. The molecule has 1 aliphatic carbocycles. The lowest BCUT2D eigenvalue weighted by Gasteiger charge is -2.47. The molecule has 2 unspecified atom stereocenters. The van der Waals surface area contributed by atoms with E-state index in [4.69, 9.17) is 0 Å². The zero-order chi connectivity index (χ0) is 31.8. The molecule has 4 fully saturated rings. The molecule has 3 atom stereocenters. The summed E-state index contributed by atoms with van der Waals surface area (Å²) in [7, 11) is 0. The molecule has 3 aliphatic heterocycles. The van der Waals surface area contributed by atoms with Crippen molar-refractivity contribution in [1.82, 2.24) is 20.0 Å². The molecule has 46 heavy (non-hydrogen) atoms. The van der Waals surface area contributed by atoms with Crippen molar-refractivity contribution in [2.45, 2.75) is 108 Å². The van der Waals surface area contributed by atoms with Crippen molar-refractivity contribution in [1.29, 1.82) is 0 Å². The van der Waals surface area contributed by atoms with Crippen LogP contribution < -0.4 is 5.32 Å². The summed E-state index contributed by atoms with van der Waals surface area (Å²) in [6.45, 7) is 5.75. The molecular formula is C36H47ClF2N4O3. The number of nitrogens with one attached hydrogen (secondary N) is 1. The lowest BCUT2D eigenvalue weighted by molar-refractivity contribution is -0.138. The highest BCUT2D eigenvalue weighted by Crippen LogP contribution is 2.48. The second kappa shape index (κ2) is 14.0. The largest absolute Gasteiger partial charge is 0.349 e. The average molecular weight is 657 g/mol. The number of imide groups is 1. The zero-order valence-corrected chi connectivity index (χ0v) is 27.7. The Balaban J connectivity index is 0.00000417. The van der Waals surface area contributed by atoms with Gasteiger partial charge in [0.25, 0.3) is 5.91 Å². The monoisotopic (exact) mass is 656 g/mol. The van der Waals surface area contributed by atoms with Crippen LogP contribution in [0.3, 0.4) is 0 Å². The number of nitrogens with zero attached hydrogens (tertiary/aromatic N) is 3. The summed E-state index contributed by atoms with van der Waals surface area (Å²) in [5.41, 5.74) is 1.12. The second-order valence-corrected chi connectivity index (χ2v) is 14.1. The fourth-order valence-corrected chi connectivity index (χ4v) is 8.26. The quantitative estimate of drug-likeness (QED) is 0.281. The number of urea groups is 1. The van der Waals surface area contributed by atoms with Gasteiger partial charge in [-0.3, -0.25) is 19.4 Å². The van der Waals surface area contributed by atoms with Crippen LogP contribution in [0.5, 0.6) is 0 Å². The standard InChI is InChI=1S/C36H46F2N4O3.ClH/c1-25(2)23-42-34(45)41(24-26-9-5-3-6-10-26)33(44)35(42)21-29-13-14-30(22-35)40(29)20-17-31(27-11-7-4-8-12-27)39-32(43)28-15-18-36(37,38)19-16-28;/h3-12,25,28-31H,13-24H2,1-2H3,(H,39,43);1H/t29?,30?,31-,35?;/m0./s1. The molecule has 2 aromatic carbocycles. The Labute approximate surface area is 277 Å². The van der Waals surface area contributed by atoms with Gasteiger partial charge in [0.15, 0.2) is 0 Å². The van der Waals surface area contributed by atoms with Crippen molar-refractivity contribution in [3.8, 4) is 0 Å². The third-order valence-corrected chi connectivity index (χ3v) is 10.6. The van der Waals surface area contributed by atoms with Crippen molar-refractivity contribution in [3.63, 3.8) is 0 Å². The number of carbonyl (C=O) groups is 3. The molecule has 1 saturated carbocycles. The molecule has 4 amide bonds.